The van der Waals surface area contributed by atoms with Gasteiger partial charge in [-0.2, -0.15) is 4.57 Å². The van der Waals surface area contributed by atoms with E-state index in [1.807, 2.05) is 13.8 Å². The Kier molecular flexibility index (Phi) is 9.19. The van der Waals surface area contributed by atoms with E-state index in [9.17, 15) is 0 Å². The standard InChI is InChI=1S/C63H67N3O/c1-37(2)40-23-25-41(26-24-40)43-29-30-64-55(33-43)51-36-46(60(7,8)9)35-50-47-21-18-22-54-57(47)66-59(52-32-44(38(3)4)31-48(39(5)6)58(52)67-63(64,66)56(50)51)65(54)53-28-27-45(62(13,14)61(10,11)12)34-49(53)42-19-16-15-17-20-42/h15-39H,1-14H3/q+2/i37D. The molecular weight excluding hydrogens is 815 g/mol. The minimum absolute atomic E-state index is 0.0269. The van der Waals surface area contributed by atoms with E-state index in [-0.39, 0.29) is 22.2 Å². The lowest BCUT2D eigenvalue weighted by Crippen LogP contribution is -2.78. The average Bonchev–Trinajstić information content (AvgIpc) is 3.79. The summed E-state index contributed by atoms with van der Waals surface area (Å²) in [4.78, 5) is 0. The highest BCUT2D eigenvalue weighted by atomic mass is 16.5. The number of aromatic nitrogens is 3. The van der Waals surface area contributed by atoms with Crippen molar-refractivity contribution in [2.75, 3.05) is 0 Å². The third kappa shape index (κ3) is 6.16. The Hall–Kier alpha value is -6.26. The molecule has 0 fully saturated rings. The van der Waals surface area contributed by atoms with Gasteiger partial charge >= 0.3 is 11.7 Å². The number of ether oxygens (including phenoxy) is 1. The molecule has 8 aromatic rings. The average molecular weight is 883 g/mol. The van der Waals surface area contributed by atoms with Gasteiger partial charge in [-0.15, -0.1) is 9.13 Å². The number of rotatable bonds is 7. The van der Waals surface area contributed by atoms with Crippen molar-refractivity contribution in [3.05, 3.63) is 167 Å². The summed E-state index contributed by atoms with van der Waals surface area (Å²) >= 11 is 0. The summed E-state index contributed by atoms with van der Waals surface area (Å²) < 4.78 is 24.4. The summed E-state index contributed by atoms with van der Waals surface area (Å²) in [5, 5.41) is 0. The van der Waals surface area contributed by atoms with Crippen LogP contribution in [0.4, 0.5) is 0 Å². The third-order valence-corrected chi connectivity index (χ3v) is 16.0. The molecule has 1 spiro atoms. The number of imidazole rings is 1. The number of para-hydroxylation sites is 1. The fourth-order valence-corrected chi connectivity index (χ4v) is 11.0. The van der Waals surface area contributed by atoms with Gasteiger partial charge in [-0.25, -0.2) is 0 Å². The van der Waals surface area contributed by atoms with Crippen molar-refractivity contribution < 1.29 is 15.2 Å². The largest absolute Gasteiger partial charge is 0.499 e. The Labute approximate surface area is 400 Å². The number of fused-ring (bicyclic) bond motifs is 5. The number of pyridine rings is 1. The van der Waals surface area contributed by atoms with Crippen molar-refractivity contribution >= 4 is 11.0 Å². The van der Waals surface area contributed by atoms with Crippen LogP contribution in [0.25, 0.3) is 72.7 Å². The fourth-order valence-electron chi connectivity index (χ4n) is 11.0. The predicted octanol–water partition coefficient (Wildman–Crippen LogP) is 15.8. The normalized spacial score (nSPS) is 16.3. The lowest BCUT2D eigenvalue weighted by molar-refractivity contribution is -0.997. The zero-order chi connectivity index (χ0) is 48.2. The van der Waals surface area contributed by atoms with Crippen molar-refractivity contribution in [2.45, 2.75) is 131 Å². The molecule has 0 saturated carbocycles. The second-order valence-corrected chi connectivity index (χ2v) is 23.1. The Balaban J connectivity index is 1.31. The van der Waals surface area contributed by atoms with Crippen molar-refractivity contribution in [3.63, 3.8) is 0 Å². The number of benzene rings is 6. The summed E-state index contributed by atoms with van der Waals surface area (Å²) in [5.74, 6) is 0.814. The lowest BCUT2D eigenvalue weighted by atomic mass is 9.65. The van der Waals surface area contributed by atoms with E-state index < -0.39 is 11.7 Å². The molecule has 0 aliphatic carbocycles. The predicted molar refractivity (Wildman–Crippen MR) is 277 cm³/mol. The van der Waals surface area contributed by atoms with Crippen LogP contribution in [0.15, 0.2) is 134 Å². The molecule has 0 radical (unpaired) electrons. The van der Waals surface area contributed by atoms with Crippen molar-refractivity contribution in [2.24, 2.45) is 5.41 Å². The molecule has 3 aliphatic rings. The maximum absolute atomic E-state index is 8.71. The molecular formula is C63H67N3O+2. The van der Waals surface area contributed by atoms with E-state index in [0.717, 1.165) is 56.2 Å². The SMILES string of the molecule is [2H]C(C)(C)c1ccc(-c2cc[n+]3c(c2)-c2cc(C(C)(C)C)cc4c2C32Oc3c(cc(C(C)C)cc3C(C)C)-c3n(-c5ccc(C(C)(C)C(C)(C)C)cc5-c5ccccc5)c5cccc-4c5[n+]32)cc1. The molecule has 0 saturated heterocycles. The smallest absolute Gasteiger partial charge is 0.392 e. The molecule has 0 bridgehead atoms. The fraction of sp³-hybridized carbons (Fsp3) is 0.333. The van der Waals surface area contributed by atoms with Crippen molar-refractivity contribution in [3.8, 4) is 67.5 Å². The first kappa shape index (κ1) is 42.1. The van der Waals surface area contributed by atoms with Crippen LogP contribution in [0.3, 0.4) is 0 Å². The highest BCUT2D eigenvalue weighted by Gasteiger charge is 2.69. The maximum atomic E-state index is 8.71. The van der Waals surface area contributed by atoms with Gasteiger partial charge in [-0.05, 0) is 121 Å². The Morgan fingerprint density at radius 3 is 1.94 bits per heavy atom. The Bertz CT molecular complexity index is 3390. The van der Waals surface area contributed by atoms with Gasteiger partial charge in [0.15, 0.2) is 23.0 Å². The van der Waals surface area contributed by atoms with Crippen LogP contribution >= 0.6 is 0 Å². The molecule has 6 aromatic carbocycles. The van der Waals surface area contributed by atoms with Crippen LogP contribution in [0.1, 0.15) is 149 Å². The second kappa shape index (κ2) is 14.6. The van der Waals surface area contributed by atoms with Crippen LogP contribution in [-0.2, 0) is 16.7 Å². The third-order valence-electron chi connectivity index (χ3n) is 16.0. The van der Waals surface area contributed by atoms with E-state index in [0.29, 0.717) is 5.92 Å². The number of hydrogen-bond donors (Lipinski definition) is 0. The maximum Gasteiger partial charge on any atom is 0.499 e. The van der Waals surface area contributed by atoms with Gasteiger partial charge in [0.25, 0.3) is 0 Å². The molecule has 5 heterocycles. The molecule has 0 N–H and O–H groups in total. The zero-order valence-corrected chi connectivity index (χ0v) is 42.1. The van der Waals surface area contributed by atoms with E-state index in [4.69, 9.17) is 6.11 Å². The van der Waals surface area contributed by atoms with Gasteiger partial charge < -0.3 is 4.74 Å². The quantitative estimate of drug-likeness (QED) is 0.146. The van der Waals surface area contributed by atoms with Gasteiger partial charge in [0.2, 0.25) is 5.69 Å². The van der Waals surface area contributed by atoms with E-state index >= 15 is 0 Å². The van der Waals surface area contributed by atoms with Crippen LogP contribution in [0, 0.1) is 5.41 Å². The molecule has 67 heavy (non-hydrogen) atoms. The van der Waals surface area contributed by atoms with Crippen molar-refractivity contribution in [1.82, 2.24) is 4.57 Å². The van der Waals surface area contributed by atoms with Gasteiger partial charge in [-0.3, -0.25) is 0 Å². The van der Waals surface area contributed by atoms with Gasteiger partial charge in [0.1, 0.15) is 16.8 Å². The molecule has 338 valence electrons. The first-order valence-electron chi connectivity index (χ1n) is 25.1. The van der Waals surface area contributed by atoms with E-state index in [1.54, 1.807) is 0 Å². The van der Waals surface area contributed by atoms with Crippen LogP contribution in [0.5, 0.6) is 5.75 Å². The molecule has 0 amide bonds. The van der Waals surface area contributed by atoms with Crippen molar-refractivity contribution in [1.29, 1.82) is 0 Å². The lowest BCUT2D eigenvalue weighted by Gasteiger charge is -2.39. The first-order valence-corrected chi connectivity index (χ1v) is 24.6. The van der Waals surface area contributed by atoms with Crippen LogP contribution in [-0.4, -0.2) is 4.57 Å². The number of nitrogens with zero attached hydrogens (tertiary/aromatic N) is 3. The Morgan fingerprint density at radius 2 is 1.28 bits per heavy atom. The molecule has 1 atom stereocenters. The highest BCUT2D eigenvalue weighted by molar-refractivity contribution is 5.98. The summed E-state index contributed by atoms with van der Waals surface area (Å²) in [6.45, 7) is 32.0. The summed E-state index contributed by atoms with van der Waals surface area (Å²) in [6.07, 6.45) is 2.28. The highest BCUT2D eigenvalue weighted by Crippen LogP contribution is 2.56. The topological polar surface area (TPSA) is 21.9 Å². The Morgan fingerprint density at radius 1 is 0.582 bits per heavy atom. The summed E-state index contributed by atoms with van der Waals surface area (Å²) in [6, 6.07) is 48.2. The van der Waals surface area contributed by atoms with Gasteiger partial charge in [0, 0.05) is 30.2 Å². The van der Waals surface area contributed by atoms with E-state index in [1.165, 1.54) is 55.6 Å². The molecule has 4 heteroatoms. The first-order chi connectivity index (χ1) is 32.0. The zero-order valence-electron chi connectivity index (χ0n) is 43.1. The monoisotopic (exact) mass is 883 g/mol. The molecule has 1 unspecified atom stereocenters. The number of hydrogen-bond acceptors (Lipinski definition) is 1. The molecule has 4 nitrogen and oxygen atoms in total. The van der Waals surface area contributed by atoms with Crippen LogP contribution in [0.2, 0.25) is 0 Å². The minimum atomic E-state index is -1.09. The molecule has 11 rings (SSSR count). The van der Waals surface area contributed by atoms with E-state index in [2.05, 4.69) is 230 Å². The summed E-state index contributed by atoms with van der Waals surface area (Å²) in [7, 11) is 0. The van der Waals surface area contributed by atoms with Gasteiger partial charge in [-0.1, -0.05) is 170 Å². The summed E-state index contributed by atoms with van der Waals surface area (Å²) in [5.41, 5.74) is 21.1. The van der Waals surface area contributed by atoms with Crippen LogP contribution < -0.4 is 13.9 Å². The molecule has 3 aliphatic heterocycles. The molecule has 2 aromatic heterocycles. The minimum Gasteiger partial charge on any atom is -0.392 e. The van der Waals surface area contributed by atoms with Gasteiger partial charge in [0.05, 0.1) is 5.56 Å². The second-order valence-electron chi connectivity index (χ2n) is 23.1.